The van der Waals surface area contributed by atoms with Gasteiger partial charge in [0.15, 0.2) is 0 Å². The van der Waals surface area contributed by atoms with Crippen molar-refractivity contribution in [3.05, 3.63) is 71.3 Å². The predicted octanol–water partition coefficient (Wildman–Crippen LogP) is 3.28. The SMILES string of the molecule is N#Cc1cc(C#N)cc(Oc2cccc(CC3=NNCC=C3)c2)c1. The van der Waals surface area contributed by atoms with E-state index < -0.39 is 0 Å². The Balaban J connectivity index is 1.80. The molecule has 116 valence electrons. The molecule has 0 saturated heterocycles. The van der Waals surface area contributed by atoms with Gasteiger partial charge in [-0.2, -0.15) is 15.6 Å². The number of rotatable bonds is 4. The van der Waals surface area contributed by atoms with E-state index in [1.807, 2.05) is 48.6 Å². The van der Waals surface area contributed by atoms with Gasteiger partial charge in [-0.3, -0.25) is 0 Å². The molecular formula is C19H14N4O. The molecule has 0 aliphatic carbocycles. The van der Waals surface area contributed by atoms with Gasteiger partial charge in [-0.1, -0.05) is 18.2 Å². The second-order valence-electron chi connectivity index (χ2n) is 5.26. The first-order valence-corrected chi connectivity index (χ1v) is 7.45. The fourth-order valence-corrected chi connectivity index (χ4v) is 2.38. The average molecular weight is 314 g/mol. The lowest BCUT2D eigenvalue weighted by atomic mass is 10.1. The Kier molecular flexibility index (Phi) is 4.55. The number of benzene rings is 2. The van der Waals surface area contributed by atoms with E-state index >= 15 is 0 Å². The maximum absolute atomic E-state index is 9.03. The van der Waals surface area contributed by atoms with E-state index in [1.165, 1.54) is 6.07 Å². The van der Waals surface area contributed by atoms with Crippen molar-refractivity contribution in [3.8, 4) is 23.6 Å². The predicted molar refractivity (Wildman–Crippen MR) is 90.7 cm³/mol. The Morgan fingerprint density at radius 1 is 1.04 bits per heavy atom. The van der Waals surface area contributed by atoms with Crippen LogP contribution in [0.25, 0.3) is 0 Å². The third-order valence-corrected chi connectivity index (χ3v) is 3.43. The highest BCUT2D eigenvalue weighted by molar-refractivity contribution is 5.96. The van der Waals surface area contributed by atoms with Gasteiger partial charge < -0.3 is 10.2 Å². The van der Waals surface area contributed by atoms with Crippen molar-refractivity contribution < 1.29 is 4.74 Å². The van der Waals surface area contributed by atoms with E-state index in [9.17, 15) is 0 Å². The van der Waals surface area contributed by atoms with Crippen LogP contribution in [0.2, 0.25) is 0 Å². The van der Waals surface area contributed by atoms with Crippen LogP contribution in [0, 0.1) is 22.7 Å². The van der Waals surface area contributed by atoms with Gasteiger partial charge in [0.25, 0.3) is 0 Å². The van der Waals surface area contributed by atoms with Gasteiger partial charge in [0.05, 0.1) is 35.5 Å². The van der Waals surface area contributed by atoms with Gasteiger partial charge in [-0.05, 0) is 42.0 Å². The van der Waals surface area contributed by atoms with Gasteiger partial charge in [0, 0.05) is 6.42 Å². The first-order valence-electron chi connectivity index (χ1n) is 7.45. The molecule has 2 aromatic carbocycles. The second-order valence-corrected chi connectivity index (χ2v) is 5.26. The molecule has 0 fully saturated rings. The van der Waals surface area contributed by atoms with Crippen molar-refractivity contribution in [1.29, 1.82) is 10.5 Å². The van der Waals surface area contributed by atoms with Gasteiger partial charge in [-0.15, -0.1) is 0 Å². The lowest BCUT2D eigenvalue weighted by Gasteiger charge is -2.10. The molecular weight excluding hydrogens is 300 g/mol. The maximum Gasteiger partial charge on any atom is 0.130 e. The number of hydrogen-bond donors (Lipinski definition) is 1. The Hall–Kier alpha value is -3.57. The molecule has 1 N–H and O–H groups in total. The average Bonchev–Trinajstić information content (AvgIpc) is 2.62. The Bertz CT molecular complexity index is 868. The topological polar surface area (TPSA) is 81.2 Å². The Morgan fingerprint density at radius 3 is 2.50 bits per heavy atom. The first kappa shape index (κ1) is 15.3. The standard InChI is InChI=1S/C19H14N4O/c20-12-15-7-16(13-21)11-19(10-15)24-18-5-1-3-14(9-18)8-17-4-2-6-22-23-17/h1-5,7,9-11,22H,6,8H2. The van der Waals surface area contributed by atoms with Crippen LogP contribution < -0.4 is 10.2 Å². The molecule has 0 saturated carbocycles. The molecule has 1 heterocycles. The van der Waals surface area contributed by atoms with E-state index in [0.717, 1.165) is 17.8 Å². The van der Waals surface area contributed by atoms with E-state index in [-0.39, 0.29) is 0 Å². The summed E-state index contributed by atoms with van der Waals surface area (Å²) in [6, 6.07) is 16.5. The summed E-state index contributed by atoms with van der Waals surface area (Å²) >= 11 is 0. The minimum Gasteiger partial charge on any atom is -0.457 e. The summed E-state index contributed by atoms with van der Waals surface area (Å²) in [5.41, 5.74) is 5.76. The van der Waals surface area contributed by atoms with Crippen molar-refractivity contribution in [2.45, 2.75) is 6.42 Å². The zero-order valence-corrected chi connectivity index (χ0v) is 12.9. The van der Waals surface area contributed by atoms with Crippen LogP contribution in [0.5, 0.6) is 11.5 Å². The van der Waals surface area contributed by atoms with E-state index in [2.05, 4.69) is 10.5 Å². The summed E-state index contributed by atoms with van der Waals surface area (Å²) in [6.07, 6.45) is 4.72. The zero-order valence-electron chi connectivity index (χ0n) is 12.9. The van der Waals surface area contributed by atoms with Crippen molar-refractivity contribution in [2.75, 3.05) is 6.54 Å². The second kappa shape index (κ2) is 7.13. The molecule has 3 rings (SSSR count). The summed E-state index contributed by atoms with van der Waals surface area (Å²) in [5, 5.41) is 22.3. The molecule has 5 heteroatoms. The summed E-state index contributed by atoms with van der Waals surface area (Å²) in [7, 11) is 0. The van der Waals surface area contributed by atoms with Crippen molar-refractivity contribution in [2.24, 2.45) is 5.10 Å². The van der Waals surface area contributed by atoms with Gasteiger partial charge >= 0.3 is 0 Å². The van der Waals surface area contributed by atoms with Crippen LogP contribution in [-0.4, -0.2) is 12.3 Å². The Morgan fingerprint density at radius 2 is 1.83 bits per heavy atom. The highest BCUT2D eigenvalue weighted by atomic mass is 16.5. The number of nitrogens with zero attached hydrogens (tertiary/aromatic N) is 3. The third kappa shape index (κ3) is 3.79. The van der Waals surface area contributed by atoms with E-state index in [1.54, 1.807) is 12.1 Å². The van der Waals surface area contributed by atoms with Crippen LogP contribution in [0.1, 0.15) is 16.7 Å². The maximum atomic E-state index is 9.03. The molecule has 1 aliphatic rings. The van der Waals surface area contributed by atoms with Crippen LogP contribution in [0.15, 0.2) is 59.7 Å². The first-order chi connectivity index (χ1) is 11.8. The number of hydrogen-bond acceptors (Lipinski definition) is 5. The number of nitrogens with one attached hydrogen (secondary N) is 1. The fraction of sp³-hybridized carbons (Fsp3) is 0.105. The third-order valence-electron chi connectivity index (χ3n) is 3.43. The lowest BCUT2D eigenvalue weighted by molar-refractivity contribution is 0.482. The zero-order chi connectivity index (χ0) is 16.8. The summed E-state index contributed by atoms with van der Waals surface area (Å²) in [6.45, 7) is 0.753. The molecule has 2 aromatic rings. The summed E-state index contributed by atoms with van der Waals surface area (Å²) < 4.78 is 5.82. The molecule has 0 aromatic heterocycles. The summed E-state index contributed by atoms with van der Waals surface area (Å²) in [4.78, 5) is 0. The summed E-state index contributed by atoms with van der Waals surface area (Å²) in [5.74, 6) is 1.12. The monoisotopic (exact) mass is 314 g/mol. The van der Waals surface area contributed by atoms with Crippen molar-refractivity contribution in [3.63, 3.8) is 0 Å². The fourth-order valence-electron chi connectivity index (χ4n) is 2.38. The number of nitriles is 2. The highest BCUT2D eigenvalue weighted by Crippen LogP contribution is 2.25. The van der Waals surface area contributed by atoms with Crippen LogP contribution >= 0.6 is 0 Å². The molecule has 0 bridgehead atoms. The lowest BCUT2D eigenvalue weighted by Crippen LogP contribution is -2.15. The van der Waals surface area contributed by atoms with Gasteiger partial charge in [0.1, 0.15) is 11.5 Å². The molecule has 0 atom stereocenters. The molecule has 0 radical (unpaired) electrons. The quantitative estimate of drug-likeness (QED) is 0.939. The van der Waals surface area contributed by atoms with E-state index in [0.29, 0.717) is 29.0 Å². The van der Waals surface area contributed by atoms with Gasteiger partial charge in [0.2, 0.25) is 0 Å². The van der Waals surface area contributed by atoms with Crippen LogP contribution in [0.4, 0.5) is 0 Å². The van der Waals surface area contributed by atoms with Crippen LogP contribution in [0.3, 0.4) is 0 Å². The number of allylic oxidation sites excluding steroid dienone is 1. The highest BCUT2D eigenvalue weighted by Gasteiger charge is 2.06. The van der Waals surface area contributed by atoms with Gasteiger partial charge in [-0.25, -0.2) is 0 Å². The molecule has 24 heavy (non-hydrogen) atoms. The normalized spacial score (nSPS) is 12.5. The molecule has 1 aliphatic heterocycles. The van der Waals surface area contributed by atoms with Crippen molar-refractivity contribution in [1.82, 2.24) is 5.43 Å². The smallest absolute Gasteiger partial charge is 0.130 e. The minimum atomic E-state index is 0.396. The molecule has 5 nitrogen and oxygen atoms in total. The molecule has 0 spiro atoms. The van der Waals surface area contributed by atoms with E-state index in [4.69, 9.17) is 15.3 Å². The number of hydrazone groups is 1. The largest absolute Gasteiger partial charge is 0.457 e. The van der Waals surface area contributed by atoms with Crippen molar-refractivity contribution >= 4 is 5.71 Å². The molecule has 0 amide bonds. The minimum absolute atomic E-state index is 0.396. The number of ether oxygens (including phenoxy) is 1. The Labute approximate surface area is 140 Å². The molecule has 0 unspecified atom stereocenters. The van der Waals surface area contributed by atoms with Crippen LogP contribution in [-0.2, 0) is 6.42 Å².